The molecule has 17 heavy (non-hydrogen) atoms. The van der Waals surface area contributed by atoms with Crippen molar-refractivity contribution in [3.05, 3.63) is 12.7 Å². The van der Waals surface area contributed by atoms with E-state index in [9.17, 15) is 17.8 Å². The molecular weight excluding hydrogens is 263 g/mol. The average Bonchev–Trinajstić information content (AvgIpc) is 2.20. The molecule has 9 heteroatoms. The topological polar surface area (TPSA) is 102 Å². The van der Waals surface area contributed by atoms with Crippen molar-refractivity contribution >= 4 is 16.1 Å². The van der Waals surface area contributed by atoms with Crippen molar-refractivity contribution in [3.63, 3.8) is 0 Å². The van der Waals surface area contributed by atoms with E-state index in [4.69, 9.17) is 0 Å². The van der Waals surface area contributed by atoms with Gasteiger partial charge in [-0.15, -0.1) is 6.58 Å². The maximum atomic E-state index is 10.8. The molecule has 0 fully saturated rings. The van der Waals surface area contributed by atoms with Crippen LogP contribution in [0, 0.1) is 0 Å². The molecule has 0 aromatic carbocycles. The monoisotopic (exact) mass is 276 g/mol. The maximum Gasteiger partial charge on any atom is 1.00 e. The van der Waals surface area contributed by atoms with E-state index in [0.29, 0.717) is 0 Å². The largest absolute Gasteiger partial charge is 1.00 e. The van der Waals surface area contributed by atoms with Crippen molar-refractivity contribution in [1.29, 1.82) is 0 Å². The summed E-state index contributed by atoms with van der Waals surface area (Å²) in [5.74, 6) is -0.809. The predicted molar refractivity (Wildman–Crippen MR) is 52.2 cm³/mol. The van der Waals surface area contributed by atoms with Crippen molar-refractivity contribution in [2.75, 3.05) is 20.3 Å². The van der Waals surface area contributed by atoms with Crippen LogP contribution >= 0.6 is 0 Å². The minimum atomic E-state index is -4.64. The molecule has 0 aliphatic rings. The Bertz CT molecular complexity index is 327. The van der Waals surface area contributed by atoms with Gasteiger partial charge in [-0.2, -0.15) is 0 Å². The first kappa shape index (κ1) is 19.4. The van der Waals surface area contributed by atoms with E-state index in [1.54, 1.807) is 0 Å². The van der Waals surface area contributed by atoms with Gasteiger partial charge in [-0.25, -0.2) is 18.2 Å². The summed E-state index contributed by atoms with van der Waals surface area (Å²) in [6.07, 6.45) is 0.806. The van der Waals surface area contributed by atoms with Crippen LogP contribution in [-0.4, -0.2) is 44.5 Å². The van der Waals surface area contributed by atoms with E-state index in [0.717, 1.165) is 7.11 Å². The molecule has 0 radical (unpaired) electrons. The van der Waals surface area contributed by atoms with Crippen molar-refractivity contribution in [2.24, 2.45) is 0 Å². The van der Waals surface area contributed by atoms with Crippen LogP contribution in [0.15, 0.2) is 12.7 Å². The smallest absolute Gasteiger partial charge is 0.748 e. The zero-order chi connectivity index (χ0) is 12.6. The van der Waals surface area contributed by atoms with Crippen LogP contribution in [0.2, 0.25) is 0 Å². The van der Waals surface area contributed by atoms with Gasteiger partial charge >= 0.3 is 35.5 Å². The molecule has 0 aliphatic heterocycles. The fourth-order valence-corrected chi connectivity index (χ4v) is 1.30. The third-order valence-electron chi connectivity index (χ3n) is 1.55. The Morgan fingerprint density at radius 2 is 2.06 bits per heavy atom. The molecule has 0 aromatic rings. The Hall–Kier alpha value is 0.0400. The fourth-order valence-electron chi connectivity index (χ4n) is 0.734. The average molecular weight is 276 g/mol. The quantitative estimate of drug-likeness (QED) is 0.0866. The van der Waals surface area contributed by atoms with Gasteiger partial charge in [-0.05, 0) is 0 Å². The normalized spacial score (nSPS) is 12.4. The second-order valence-electron chi connectivity index (χ2n) is 2.75. The Labute approximate surface area is 122 Å². The Balaban J connectivity index is 0. The van der Waals surface area contributed by atoms with Gasteiger partial charge in [0.1, 0.15) is 16.7 Å². The van der Waals surface area contributed by atoms with Crippen LogP contribution in [0.25, 0.3) is 0 Å². The summed E-state index contributed by atoms with van der Waals surface area (Å²) in [4.78, 5) is 19.7. The van der Waals surface area contributed by atoms with E-state index in [2.05, 4.69) is 21.1 Å². The van der Waals surface area contributed by atoms with Gasteiger partial charge in [0.15, 0.2) is 0 Å². The second-order valence-corrected chi connectivity index (χ2v) is 4.41. The molecule has 0 saturated carbocycles. The van der Waals surface area contributed by atoms with Crippen molar-refractivity contribution in [3.8, 4) is 0 Å². The van der Waals surface area contributed by atoms with E-state index < -0.39 is 34.4 Å². The zero-order valence-corrected chi connectivity index (χ0v) is 12.6. The van der Waals surface area contributed by atoms with E-state index in [-0.39, 0.29) is 36.2 Å². The minimum Gasteiger partial charge on any atom is -0.748 e. The Kier molecular flexibility index (Phi) is 11.4. The number of hydrogen-bond acceptors (Lipinski definition) is 7. The van der Waals surface area contributed by atoms with Gasteiger partial charge in [0, 0.05) is 0 Å². The van der Waals surface area contributed by atoms with Crippen LogP contribution in [0.1, 0.15) is 6.42 Å². The van der Waals surface area contributed by atoms with E-state index >= 15 is 0 Å². The number of ether oxygens (including phenoxy) is 1. The van der Waals surface area contributed by atoms with Gasteiger partial charge in [0.05, 0.1) is 25.4 Å². The molecule has 0 heterocycles. The number of esters is 1. The van der Waals surface area contributed by atoms with Gasteiger partial charge in [0.25, 0.3) is 0 Å². The Morgan fingerprint density at radius 1 is 1.47 bits per heavy atom. The van der Waals surface area contributed by atoms with Crippen LogP contribution in [-0.2, 0) is 29.4 Å². The van der Waals surface area contributed by atoms with Crippen molar-refractivity contribution in [1.82, 2.24) is 0 Å². The maximum absolute atomic E-state index is 10.8. The molecule has 0 aliphatic carbocycles. The summed E-state index contributed by atoms with van der Waals surface area (Å²) < 4.78 is 36.4. The number of rotatable bonds is 8. The molecule has 94 valence electrons. The number of hydrogen-bond donors (Lipinski definition) is 0. The van der Waals surface area contributed by atoms with Crippen molar-refractivity contribution in [2.45, 2.75) is 11.7 Å². The first-order valence-electron chi connectivity index (χ1n) is 4.28. The second kappa shape index (κ2) is 10.0. The molecule has 0 N–H and O–H groups in total. The van der Waals surface area contributed by atoms with Gasteiger partial charge in [-0.1, -0.05) is 6.08 Å². The molecule has 0 rings (SSSR count). The molecule has 0 bridgehead atoms. The molecular formula is C8H13NaO7S. The SMILES string of the molecule is C=CCOOCC(CC(=O)OC)S(=O)(=O)[O-].[Na+]. The van der Waals surface area contributed by atoms with Crippen LogP contribution in [0.5, 0.6) is 0 Å². The van der Waals surface area contributed by atoms with Crippen LogP contribution in [0.4, 0.5) is 0 Å². The summed E-state index contributed by atoms with van der Waals surface area (Å²) >= 11 is 0. The molecule has 1 atom stereocenters. The van der Waals surface area contributed by atoms with E-state index in [1.165, 1.54) is 6.08 Å². The molecule has 0 amide bonds. The van der Waals surface area contributed by atoms with Crippen LogP contribution < -0.4 is 29.6 Å². The first-order chi connectivity index (χ1) is 7.41. The standard InChI is InChI=1S/C8H14O7S.Na/c1-3-4-14-15-6-7(16(10,11)12)5-8(9)13-2;/h3,7H,1,4-6H2,2H3,(H,10,11,12);/q;+1/p-1. The number of carbonyl (C=O) groups excluding carboxylic acids is 1. The third-order valence-corrected chi connectivity index (χ3v) is 2.67. The third kappa shape index (κ3) is 9.72. The predicted octanol–water partition coefficient (Wildman–Crippen LogP) is -3.40. The van der Waals surface area contributed by atoms with E-state index in [1.807, 2.05) is 0 Å². The molecule has 0 aromatic heterocycles. The molecule has 7 nitrogen and oxygen atoms in total. The zero-order valence-electron chi connectivity index (χ0n) is 9.75. The fraction of sp³-hybridized carbons (Fsp3) is 0.625. The summed E-state index contributed by atoms with van der Waals surface area (Å²) in [5.41, 5.74) is 0. The van der Waals surface area contributed by atoms with Gasteiger partial charge < -0.3 is 9.29 Å². The first-order valence-corrected chi connectivity index (χ1v) is 5.75. The minimum absolute atomic E-state index is 0. The molecule has 0 saturated heterocycles. The van der Waals surface area contributed by atoms with Crippen molar-refractivity contribution < 1.29 is 61.8 Å². The number of methoxy groups -OCH3 is 1. The summed E-state index contributed by atoms with van der Waals surface area (Å²) in [6, 6.07) is 0. The summed E-state index contributed by atoms with van der Waals surface area (Å²) in [5, 5.41) is -1.52. The molecule has 0 spiro atoms. The Morgan fingerprint density at radius 3 is 2.47 bits per heavy atom. The number of carbonyl (C=O) groups is 1. The van der Waals surface area contributed by atoms with Gasteiger partial charge in [-0.3, -0.25) is 4.79 Å². The summed E-state index contributed by atoms with van der Waals surface area (Å²) in [7, 11) is -3.55. The van der Waals surface area contributed by atoms with Gasteiger partial charge in [0.2, 0.25) is 0 Å². The van der Waals surface area contributed by atoms with Crippen LogP contribution in [0.3, 0.4) is 0 Å². The summed E-state index contributed by atoms with van der Waals surface area (Å²) in [6.45, 7) is 2.84. The molecule has 1 unspecified atom stereocenters.